The van der Waals surface area contributed by atoms with Crippen molar-refractivity contribution in [3.8, 4) is 28.7 Å². The Morgan fingerprint density at radius 2 is 1.03 bits per heavy atom. The van der Waals surface area contributed by atoms with E-state index >= 15 is 0 Å². The molecular formula is C30H31NO4. The maximum atomic E-state index is 10.3. The van der Waals surface area contributed by atoms with Gasteiger partial charge in [-0.15, -0.1) is 0 Å². The molecule has 180 valence electrons. The number of nitrogens with zero attached hydrogens (tertiary/aromatic N) is 1. The van der Waals surface area contributed by atoms with Gasteiger partial charge in [-0.05, 0) is 123 Å². The van der Waals surface area contributed by atoms with E-state index in [1.165, 1.54) is 0 Å². The lowest BCUT2D eigenvalue weighted by Gasteiger charge is -2.31. The molecule has 0 aliphatic heterocycles. The average Bonchev–Trinajstić information content (AvgIpc) is 2.78. The molecule has 4 aromatic rings. The second-order valence-corrected chi connectivity index (χ2v) is 9.16. The van der Waals surface area contributed by atoms with E-state index in [1.54, 1.807) is 24.3 Å². The van der Waals surface area contributed by atoms with Crippen LogP contribution < -0.4 is 9.64 Å². The van der Waals surface area contributed by atoms with Gasteiger partial charge in [0.25, 0.3) is 0 Å². The summed E-state index contributed by atoms with van der Waals surface area (Å²) < 4.78 is 6.49. The third-order valence-corrected chi connectivity index (χ3v) is 6.27. The van der Waals surface area contributed by atoms with Gasteiger partial charge in [0.05, 0.1) is 5.69 Å². The summed E-state index contributed by atoms with van der Waals surface area (Å²) in [6.07, 6.45) is 0. The number of ether oxygens (including phenoxy) is 1. The molecule has 4 rings (SSSR count). The van der Waals surface area contributed by atoms with Crippen molar-refractivity contribution >= 4 is 17.1 Å². The van der Waals surface area contributed by atoms with Gasteiger partial charge in [0, 0.05) is 11.4 Å². The standard InChI is InChI=1S/C30H31NO4/c1-17-15-27(33)19(3)13-25(17)31(26-14-20(4)28(34)16-18(26)2)24-9-7-8-10-29(24)35-30-21(5)11-23(32)12-22(30)6/h7-16,32-34H,1-6H3. The number of para-hydroxylation sites is 2. The van der Waals surface area contributed by atoms with Crippen molar-refractivity contribution in [1.29, 1.82) is 0 Å². The predicted molar refractivity (Wildman–Crippen MR) is 141 cm³/mol. The summed E-state index contributed by atoms with van der Waals surface area (Å²) in [5.41, 5.74) is 7.55. The first-order valence-corrected chi connectivity index (χ1v) is 11.5. The van der Waals surface area contributed by atoms with Crippen LogP contribution in [0.15, 0.2) is 60.7 Å². The molecule has 0 radical (unpaired) electrons. The van der Waals surface area contributed by atoms with Gasteiger partial charge >= 0.3 is 0 Å². The number of phenolic OH excluding ortho intramolecular Hbond substituents is 3. The number of anilines is 3. The van der Waals surface area contributed by atoms with E-state index in [0.29, 0.717) is 11.5 Å². The summed E-state index contributed by atoms with van der Waals surface area (Å²) in [5, 5.41) is 30.6. The minimum absolute atomic E-state index is 0.202. The lowest BCUT2D eigenvalue weighted by Crippen LogP contribution is -2.14. The highest BCUT2D eigenvalue weighted by Gasteiger charge is 2.23. The first kappa shape index (κ1) is 24.0. The molecule has 0 amide bonds. The Labute approximate surface area is 206 Å². The van der Waals surface area contributed by atoms with E-state index in [2.05, 4.69) is 4.90 Å². The van der Waals surface area contributed by atoms with Crippen LogP contribution in [-0.2, 0) is 0 Å². The number of rotatable bonds is 5. The molecule has 0 spiro atoms. The minimum atomic E-state index is 0.202. The second kappa shape index (κ2) is 9.26. The fourth-order valence-corrected chi connectivity index (χ4v) is 4.37. The SMILES string of the molecule is Cc1cc(N(c2cc(C)c(O)cc2C)c2ccccc2Oc2c(C)cc(O)cc2C)c(C)cc1O. The third-order valence-electron chi connectivity index (χ3n) is 6.27. The van der Waals surface area contributed by atoms with Gasteiger partial charge in [-0.3, -0.25) is 0 Å². The van der Waals surface area contributed by atoms with E-state index in [9.17, 15) is 15.3 Å². The Bertz CT molecular complexity index is 1340. The Hall–Kier alpha value is -4.12. The van der Waals surface area contributed by atoms with E-state index < -0.39 is 0 Å². The lowest BCUT2D eigenvalue weighted by molar-refractivity contribution is 0.459. The van der Waals surface area contributed by atoms with E-state index in [-0.39, 0.29) is 17.2 Å². The normalized spacial score (nSPS) is 10.9. The number of aromatic hydroxyl groups is 3. The highest BCUT2D eigenvalue weighted by molar-refractivity contribution is 5.84. The van der Waals surface area contributed by atoms with Crippen molar-refractivity contribution in [2.75, 3.05) is 4.90 Å². The van der Waals surface area contributed by atoms with Crippen LogP contribution in [0.3, 0.4) is 0 Å². The highest BCUT2D eigenvalue weighted by atomic mass is 16.5. The smallest absolute Gasteiger partial charge is 0.151 e. The summed E-state index contributed by atoms with van der Waals surface area (Å²) in [6.45, 7) is 11.5. The molecule has 0 bridgehead atoms. The molecule has 0 fully saturated rings. The van der Waals surface area contributed by atoms with Crippen LogP contribution in [0.4, 0.5) is 17.1 Å². The molecule has 0 aliphatic carbocycles. The van der Waals surface area contributed by atoms with Crippen molar-refractivity contribution in [2.45, 2.75) is 41.5 Å². The maximum Gasteiger partial charge on any atom is 0.151 e. The van der Waals surface area contributed by atoms with Crippen molar-refractivity contribution in [3.05, 3.63) is 94.0 Å². The molecule has 5 heteroatoms. The fourth-order valence-electron chi connectivity index (χ4n) is 4.37. The summed E-state index contributed by atoms with van der Waals surface area (Å²) in [4.78, 5) is 2.10. The average molecular weight is 470 g/mol. The first-order valence-electron chi connectivity index (χ1n) is 11.5. The van der Waals surface area contributed by atoms with Crippen LogP contribution in [-0.4, -0.2) is 15.3 Å². The highest BCUT2D eigenvalue weighted by Crippen LogP contribution is 2.46. The van der Waals surface area contributed by atoms with Gasteiger partial charge in [-0.25, -0.2) is 0 Å². The van der Waals surface area contributed by atoms with Crippen molar-refractivity contribution < 1.29 is 20.1 Å². The Morgan fingerprint density at radius 3 is 1.54 bits per heavy atom. The Morgan fingerprint density at radius 1 is 0.543 bits per heavy atom. The zero-order valence-corrected chi connectivity index (χ0v) is 21.0. The van der Waals surface area contributed by atoms with Crippen molar-refractivity contribution in [3.63, 3.8) is 0 Å². The fraction of sp³-hybridized carbons (Fsp3) is 0.200. The van der Waals surface area contributed by atoms with Gasteiger partial charge in [0.15, 0.2) is 5.75 Å². The monoisotopic (exact) mass is 469 g/mol. The van der Waals surface area contributed by atoms with Gasteiger partial charge in [0.2, 0.25) is 0 Å². The van der Waals surface area contributed by atoms with Crippen LogP contribution in [0.2, 0.25) is 0 Å². The number of benzene rings is 4. The molecule has 0 atom stereocenters. The summed E-state index contributed by atoms with van der Waals surface area (Å²) in [5.74, 6) is 2.01. The summed E-state index contributed by atoms with van der Waals surface area (Å²) >= 11 is 0. The minimum Gasteiger partial charge on any atom is -0.508 e. The van der Waals surface area contributed by atoms with Gasteiger partial charge < -0.3 is 25.0 Å². The Balaban J connectivity index is 1.98. The molecule has 35 heavy (non-hydrogen) atoms. The number of phenols is 3. The zero-order valence-electron chi connectivity index (χ0n) is 21.0. The molecule has 3 N–H and O–H groups in total. The molecule has 0 saturated heterocycles. The summed E-state index contributed by atoms with van der Waals surface area (Å²) in [7, 11) is 0. The quantitative estimate of drug-likeness (QED) is 0.277. The van der Waals surface area contributed by atoms with Crippen LogP contribution in [0, 0.1) is 41.5 Å². The lowest BCUT2D eigenvalue weighted by atomic mass is 10.0. The molecular weight excluding hydrogens is 438 g/mol. The number of aryl methyl sites for hydroxylation is 6. The molecule has 0 aliphatic rings. The third kappa shape index (κ3) is 4.62. The molecule has 0 saturated carbocycles. The molecule has 0 unspecified atom stereocenters. The summed E-state index contributed by atoms with van der Waals surface area (Å²) in [6, 6.07) is 18.6. The van der Waals surface area contributed by atoms with Crippen LogP contribution in [0.1, 0.15) is 33.4 Å². The topological polar surface area (TPSA) is 73.2 Å². The van der Waals surface area contributed by atoms with E-state index in [4.69, 9.17) is 4.74 Å². The number of hydrogen-bond acceptors (Lipinski definition) is 5. The van der Waals surface area contributed by atoms with Crippen LogP contribution in [0.25, 0.3) is 0 Å². The van der Waals surface area contributed by atoms with Crippen LogP contribution in [0.5, 0.6) is 28.7 Å². The van der Waals surface area contributed by atoms with Gasteiger partial charge in [0.1, 0.15) is 23.0 Å². The van der Waals surface area contributed by atoms with Crippen molar-refractivity contribution in [1.82, 2.24) is 0 Å². The van der Waals surface area contributed by atoms with Gasteiger partial charge in [-0.1, -0.05) is 12.1 Å². The molecule has 4 aromatic carbocycles. The molecule has 0 heterocycles. The van der Waals surface area contributed by atoms with Crippen LogP contribution >= 0.6 is 0 Å². The number of hydrogen-bond donors (Lipinski definition) is 3. The maximum absolute atomic E-state index is 10.3. The first-order chi connectivity index (χ1) is 16.6. The Kier molecular flexibility index (Phi) is 6.35. The van der Waals surface area contributed by atoms with Crippen molar-refractivity contribution in [2.24, 2.45) is 0 Å². The van der Waals surface area contributed by atoms with Gasteiger partial charge in [-0.2, -0.15) is 0 Å². The molecule has 5 nitrogen and oxygen atoms in total. The van der Waals surface area contributed by atoms with E-state index in [0.717, 1.165) is 50.4 Å². The molecule has 0 aromatic heterocycles. The zero-order chi connectivity index (χ0) is 25.4. The van der Waals surface area contributed by atoms with E-state index in [1.807, 2.05) is 77.9 Å². The second-order valence-electron chi connectivity index (χ2n) is 9.16. The largest absolute Gasteiger partial charge is 0.508 e. The predicted octanol–water partition coefficient (Wildman–Crippen LogP) is 7.92.